The van der Waals surface area contributed by atoms with Gasteiger partial charge in [0.15, 0.2) is 5.60 Å². The third-order valence-electron chi connectivity index (χ3n) is 4.43. The van der Waals surface area contributed by atoms with Crippen molar-refractivity contribution in [2.75, 3.05) is 0 Å². The molecular weight excluding hydrogens is 296 g/mol. The molecule has 0 aliphatic carbocycles. The normalized spacial score (nSPS) is 11.3. The highest BCUT2D eigenvalue weighted by Gasteiger charge is 2.42. The zero-order valence-corrected chi connectivity index (χ0v) is 13.9. The molecule has 0 saturated carbocycles. The van der Waals surface area contributed by atoms with Crippen molar-refractivity contribution >= 4 is 5.78 Å². The van der Waals surface area contributed by atoms with Gasteiger partial charge in [0, 0.05) is 5.56 Å². The maximum atomic E-state index is 13.3. The van der Waals surface area contributed by atoms with E-state index in [1.54, 1.807) is 12.1 Å². The van der Waals surface area contributed by atoms with Crippen LogP contribution in [0.2, 0.25) is 0 Å². The van der Waals surface area contributed by atoms with Crippen LogP contribution in [0.5, 0.6) is 0 Å². The topological polar surface area (TPSA) is 37.3 Å². The van der Waals surface area contributed by atoms with Crippen LogP contribution in [0.15, 0.2) is 78.9 Å². The van der Waals surface area contributed by atoms with Gasteiger partial charge in [-0.05, 0) is 36.1 Å². The van der Waals surface area contributed by atoms with Gasteiger partial charge >= 0.3 is 0 Å². The molecule has 2 heteroatoms. The summed E-state index contributed by atoms with van der Waals surface area (Å²) in [5, 5.41) is 11.7. The van der Waals surface area contributed by atoms with Crippen molar-refractivity contribution in [2.24, 2.45) is 0 Å². The van der Waals surface area contributed by atoms with Crippen LogP contribution in [0.1, 0.15) is 32.6 Å². The molecule has 0 atom stereocenters. The number of hydrogen-bond donors (Lipinski definition) is 1. The Morgan fingerprint density at radius 3 is 1.58 bits per heavy atom. The molecule has 0 heterocycles. The van der Waals surface area contributed by atoms with Crippen LogP contribution >= 0.6 is 0 Å². The third-order valence-corrected chi connectivity index (χ3v) is 4.43. The lowest BCUT2D eigenvalue weighted by molar-refractivity contribution is 0.0483. The van der Waals surface area contributed by atoms with E-state index in [1.165, 1.54) is 0 Å². The number of benzene rings is 3. The van der Waals surface area contributed by atoms with E-state index in [2.05, 4.69) is 0 Å². The summed E-state index contributed by atoms with van der Waals surface area (Å²) < 4.78 is 0. The Kier molecular flexibility index (Phi) is 4.32. The Bertz CT molecular complexity index is 820. The van der Waals surface area contributed by atoms with Gasteiger partial charge in [0.05, 0.1) is 0 Å². The van der Waals surface area contributed by atoms with Crippen molar-refractivity contribution in [3.05, 3.63) is 107 Å². The highest BCUT2D eigenvalue weighted by Crippen LogP contribution is 2.36. The lowest BCUT2D eigenvalue weighted by Gasteiger charge is -2.30. The molecule has 0 saturated heterocycles. The predicted molar refractivity (Wildman–Crippen MR) is 96.1 cm³/mol. The predicted octanol–water partition coefficient (Wildman–Crippen LogP) is 4.42. The maximum Gasteiger partial charge on any atom is 0.203 e. The third kappa shape index (κ3) is 2.66. The molecular formula is C22H20O2. The first-order valence-electron chi connectivity index (χ1n) is 7.99. The van der Waals surface area contributed by atoms with Crippen LogP contribution < -0.4 is 0 Å². The van der Waals surface area contributed by atoms with Crippen molar-refractivity contribution < 1.29 is 9.90 Å². The number of carbonyl (C=O) groups is 1. The molecule has 3 rings (SSSR count). The first kappa shape index (κ1) is 16.2. The van der Waals surface area contributed by atoms with Gasteiger partial charge in [-0.1, -0.05) is 78.9 Å². The van der Waals surface area contributed by atoms with Gasteiger partial charge in [0.25, 0.3) is 0 Å². The van der Waals surface area contributed by atoms with Gasteiger partial charge in [-0.25, -0.2) is 0 Å². The molecule has 1 N–H and O–H groups in total. The van der Waals surface area contributed by atoms with Crippen molar-refractivity contribution in [2.45, 2.75) is 19.4 Å². The summed E-state index contributed by atoms with van der Waals surface area (Å²) in [7, 11) is 0. The number of aliphatic hydroxyl groups is 1. The Balaban J connectivity index is 2.28. The Morgan fingerprint density at radius 1 is 0.708 bits per heavy atom. The number of Topliss-reactive ketones (excluding diaryl/α,β-unsaturated/α-hetero) is 1. The van der Waals surface area contributed by atoms with Crippen molar-refractivity contribution in [3.8, 4) is 0 Å². The number of hydrogen-bond acceptors (Lipinski definition) is 2. The van der Waals surface area contributed by atoms with E-state index in [0.717, 1.165) is 11.1 Å². The summed E-state index contributed by atoms with van der Waals surface area (Å²) in [6.45, 7) is 3.83. The summed E-state index contributed by atoms with van der Waals surface area (Å²) in [5.41, 5.74) is 1.78. The zero-order chi connectivity index (χ0) is 17.2. The van der Waals surface area contributed by atoms with Crippen LogP contribution in [0.3, 0.4) is 0 Å². The maximum absolute atomic E-state index is 13.3. The fourth-order valence-corrected chi connectivity index (χ4v) is 3.15. The average molecular weight is 316 g/mol. The highest BCUT2D eigenvalue weighted by molar-refractivity contribution is 6.05. The second kappa shape index (κ2) is 6.42. The number of aryl methyl sites for hydroxylation is 2. The van der Waals surface area contributed by atoms with E-state index in [4.69, 9.17) is 0 Å². The van der Waals surface area contributed by atoms with Crippen molar-refractivity contribution in [1.29, 1.82) is 0 Å². The SMILES string of the molecule is Cc1ccccc1C(O)(C(=O)c1ccccc1)c1ccccc1C. The minimum absolute atomic E-state index is 0.313. The molecule has 0 aromatic heterocycles. The van der Waals surface area contributed by atoms with E-state index in [-0.39, 0.29) is 5.78 Å². The smallest absolute Gasteiger partial charge is 0.203 e. The van der Waals surface area contributed by atoms with E-state index >= 15 is 0 Å². The molecule has 0 bridgehead atoms. The molecule has 0 spiro atoms. The molecule has 0 amide bonds. The molecule has 3 aromatic carbocycles. The molecule has 2 nitrogen and oxygen atoms in total. The second-order valence-electron chi connectivity index (χ2n) is 6.04. The summed E-state index contributed by atoms with van der Waals surface area (Å²) in [6, 6.07) is 23.9. The van der Waals surface area contributed by atoms with E-state index < -0.39 is 5.60 Å². The standard InChI is InChI=1S/C22H20O2/c1-16-10-6-8-14-19(16)22(24,20-15-9-7-11-17(20)2)21(23)18-12-4-3-5-13-18/h3-15,24H,1-2H3. The molecule has 0 aliphatic heterocycles. The van der Waals surface area contributed by atoms with E-state index in [9.17, 15) is 9.90 Å². The van der Waals surface area contributed by atoms with E-state index in [0.29, 0.717) is 16.7 Å². The first-order valence-corrected chi connectivity index (χ1v) is 7.99. The van der Waals surface area contributed by atoms with Gasteiger partial charge < -0.3 is 5.11 Å². The van der Waals surface area contributed by atoms with Gasteiger partial charge in [0.2, 0.25) is 5.78 Å². The van der Waals surface area contributed by atoms with E-state index in [1.807, 2.05) is 80.6 Å². The van der Waals surface area contributed by atoms with Crippen LogP contribution in [0, 0.1) is 13.8 Å². The number of carbonyl (C=O) groups excluding carboxylic acids is 1. The molecule has 120 valence electrons. The molecule has 0 unspecified atom stereocenters. The quantitative estimate of drug-likeness (QED) is 0.723. The molecule has 0 fully saturated rings. The number of ketones is 1. The zero-order valence-electron chi connectivity index (χ0n) is 13.9. The molecule has 0 radical (unpaired) electrons. The molecule has 24 heavy (non-hydrogen) atoms. The van der Waals surface area contributed by atoms with Crippen molar-refractivity contribution in [1.82, 2.24) is 0 Å². The van der Waals surface area contributed by atoms with Crippen molar-refractivity contribution in [3.63, 3.8) is 0 Å². The van der Waals surface area contributed by atoms with Crippen LogP contribution in [-0.2, 0) is 5.60 Å². The first-order chi connectivity index (χ1) is 11.5. The summed E-state index contributed by atoms with van der Waals surface area (Å²) in [4.78, 5) is 13.3. The van der Waals surface area contributed by atoms with Gasteiger partial charge in [-0.15, -0.1) is 0 Å². The van der Waals surface area contributed by atoms with Crippen LogP contribution in [-0.4, -0.2) is 10.9 Å². The van der Waals surface area contributed by atoms with Gasteiger partial charge in [-0.3, -0.25) is 4.79 Å². The highest BCUT2D eigenvalue weighted by atomic mass is 16.3. The largest absolute Gasteiger partial charge is 0.373 e. The molecule has 3 aromatic rings. The lowest BCUT2D eigenvalue weighted by atomic mass is 9.77. The monoisotopic (exact) mass is 316 g/mol. The molecule has 0 aliphatic rings. The Hall–Kier alpha value is -2.71. The van der Waals surface area contributed by atoms with Gasteiger partial charge in [-0.2, -0.15) is 0 Å². The fourth-order valence-electron chi connectivity index (χ4n) is 3.15. The number of rotatable bonds is 4. The summed E-state index contributed by atoms with van der Waals surface area (Å²) >= 11 is 0. The Labute approximate surface area is 142 Å². The van der Waals surface area contributed by atoms with Crippen LogP contribution in [0.25, 0.3) is 0 Å². The summed E-state index contributed by atoms with van der Waals surface area (Å²) in [5.74, 6) is -0.313. The minimum Gasteiger partial charge on any atom is -0.373 e. The Morgan fingerprint density at radius 2 is 1.12 bits per heavy atom. The summed E-state index contributed by atoms with van der Waals surface area (Å²) in [6.07, 6.45) is 0. The van der Waals surface area contributed by atoms with Gasteiger partial charge in [0.1, 0.15) is 0 Å². The average Bonchev–Trinajstić information content (AvgIpc) is 2.62. The fraction of sp³-hybridized carbons (Fsp3) is 0.136. The van der Waals surface area contributed by atoms with Crippen LogP contribution in [0.4, 0.5) is 0 Å². The lowest BCUT2D eigenvalue weighted by Crippen LogP contribution is -2.38. The minimum atomic E-state index is -1.71. The second-order valence-corrected chi connectivity index (χ2v) is 6.04.